The van der Waals surface area contributed by atoms with Crippen molar-refractivity contribution in [1.29, 1.82) is 0 Å². The molecule has 13 heavy (non-hydrogen) atoms. The minimum absolute atomic E-state index is 0.0897. The van der Waals surface area contributed by atoms with Crippen molar-refractivity contribution < 1.29 is 14.6 Å². The quantitative estimate of drug-likeness (QED) is 0.757. The Morgan fingerprint density at radius 2 is 2.31 bits per heavy atom. The van der Waals surface area contributed by atoms with Gasteiger partial charge in [-0.2, -0.15) is 0 Å². The molecule has 0 aliphatic rings. The summed E-state index contributed by atoms with van der Waals surface area (Å²) >= 11 is 5.74. The van der Waals surface area contributed by atoms with E-state index in [1.807, 2.05) is 0 Å². The lowest BCUT2D eigenvalue weighted by Gasteiger charge is -2.07. The fourth-order valence-electron chi connectivity index (χ4n) is 0.998. The van der Waals surface area contributed by atoms with Gasteiger partial charge in [0.25, 0.3) is 0 Å². The molecule has 0 saturated heterocycles. The standard InChI is InChI=1S/C9H9ClO3/c1-13-7-3-2-6(4-5-11)9(12)8(7)10/h2-3,5,12H,4H2,1H3. The number of phenolic OH excluding ortho intramolecular Hbond substituents is 1. The number of hydrogen-bond acceptors (Lipinski definition) is 3. The van der Waals surface area contributed by atoms with Crippen LogP contribution in [0.3, 0.4) is 0 Å². The minimum atomic E-state index is -0.0897. The highest BCUT2D eigenvalue weighted by Gasteiger charge is 2.10. The first-order valence-corrected chi connectivity index (χ1v) is 4.06. The van der Waals surface area contributed by atoms with Gasteiger partial charge in [-0.05, 0) is 6.07 Å². The molecule has 4 heteroatoms. The van der Waals surface area contributed by atoms with Crippen LogP contribution in [0.2, 0.25) is 5.02 Å². The van der Waals surface area contributed by atoms with E-state index in [1.165, 1.54) is 7.11 Å². The topological polar surface area (TPSA) is 46.5 Å². The molecule has 0 radical (unpaired) electrons. The molecule has 0 amide bonds. The first-order valence-electron chi connectivity index (χ1n) is 3.68. The normalized spacial score (nSPS) is 9.69. The SMILES string of the molecule is COc1ccc(CC=O)c(O)c1Cl. The maximum atomic E-state index is 10.2. The molecule has 0 spiro atoms. The molecule has 0 unspecified atom stereocenters. The molecule has 0 bridgehead atoms. The van der Waals surface area contributed by atoms with Gasteiger partial charge in [-0.15, -0.1) is 0 Å². The van der Waals surface area contributed by atoms with Crippen molar-refractivity contribution in [1.82, 2.24) is 0 Å². The minimum Gasteiger partial charge on any atom is -0.506 e. The van der Waals surface area contributed by atoms with Crippen molar-refractivity contribution in [2.24, 2.45) is 0 Å². The average Bonchev–Trinajstić information content (AvgIpc) is 2.14. The summed E-state index contributed by atoms with van der Waals surface area (Å²) in [6.07, 6.45) is 0.855. The molecule has 0 saturated carbocycles. The molecular weight excluding hydrogens is 192 g/mol. The Bertz CT molecular complexity index is 323. The molecule has 0 aliphatic carbocycles. The van der Waals surface area contributed by atoms with Gasteiger partial charge < -0.3 is 14.6 Å². The molecule has 0 fully saturated rings. The highest BCUT2D eigenvalue weighted by molar-refractivity contribution is 6.33. The largest absolute Gasteiger partial charge is 0.506 e. The second kappa shape index (κ2) is 4.14. The van der Waals surface area contributed by atoms with Crippen LogP contribution in [-0.4, -0.2) is 18.5 Å². The number of carbonyl (C=O) groups is 1. The highest BCUT2D eigenvalue weighted by atomic mass is 35.5. The van der Waals surface area contributed by atoms with Gasteiger partial charge in [0.2, 0.25) is 0 Å². The molecular formula is C9H9ClO3. The zero-order valence-corrected chi connectivity index (χ0v) is 7.84. The lowest BCUT2D eigenvalue weighted by Crippen LogP contribution is -1.90. The first-order chi connectivity index (χ1) is 6.20. The third kappa shape index (κ3) is 1.92. The summed E-state index contributed by atoms with van der Waals surface area (Å²) in [5.74, 6) is 0.307. The summed E-state index contributed by atoms with van der Waals surface area (Å²) in [5, 5.41) is 9.61. The number of methoxy groups -OCH3 is 1. The number of hydrogen-bond donors (Lipinski definition) is 1. The van der Waals surface area contributed by atoms with Gasteiger partial charge in [-0.25, -0.2) is 0 Å². The number of aromatic hydroxyl groups is 1. The number of benzene rings is 1. The number of rotatable bonds is 3. The van der Waals surface area contributed by atoms with Crippen LogP contribution < -0.4 is 4.74 Å². The van der Waals surface area contributed by atoms with E-state index in [4.69, 9.17) is 16.3 Å². The van der Waals surface area contributed by atoms with E-state index >= 15 is 0 Å². The van der Waals surface area contributed by atoms with E-state index in [-0.39, 0.29) is 17.2 Å². The van der Waals surface area contributed by atoms with E-state index in [9.17, 15) is 9.90 Å². The monoisotopic (exact) mass is 200 g/mol. The summed E-state index contributed by atoms with van der Waals surface area (Å²) in [6, 6.07) is 3.22. The second-order valence-corrected chi connectivity index (χ2v) is 2.84. The Kier molecular flexibility index (Phi) is 3.14. The van der Waals surface area contributed by atoms with Crippen molar-refractivity contribution in [2.45, 2.75) is 6.42 Å². The first kappa shape index (κ1) is 9.86. The zero-order valence-electron chi connectivity index (χ0n) is 7.08. The molecule has 1 rings (SSSR count). The van der Waals surface area contributed by atoms with Gasteiger partial charge in [0, 0.05) is 12.0 Å². The van der Waals surface area contributed by atoms with Crippen molar-refractivity contribution in [2.75, 3.05) is 7.11 Å². The van der Waals surface area contributed by atoms with Gasteiger partial charge in [0.05, 0.1) is 7.11 Å². The predicted octanol–water partition coefficient (Wildman–Crippen LogP) is 1.80. The van der Waals surface area contributed by atoms with Gasteiger partial charge in [0.1, 0.15) is 22.8 Å². The lowest BCUT2D eigenvalue weighted by molar-refractivity contribution is -0.107. The second-order valence-electron chi connectivity index (χ2n) is 2.46. The fraction of sp³-hybridized carbons (Fsp3) is 0.222. The summed E-state index contributed by atoms with van der Waals surface area (Å²) in [4.78, 5) is 10.2. The van der Waals surface area contributed by atoms with Gasteiger partial charge in [0.15, 0.2) is 0 Å². The summed E-state index contributed by atoms with van der Waals surface area (Å²) < 4.78 is 4.88. The molecule has 0 heterocycles. The van der Waals surface area contributed by atoms with Crippen molar-refractivity contribution in [3.05, 3.63) is 22.7 Å². The Labute approximate surface area is 80.9 Å². The van der Waals surface area contributed by atoms with Crippen LogP contribution >= 0.6 is 11.6 Å². The van der Waals surface area contributed by atoms with Crippen molar-refractivity contribution >= 4 is 17.9 Å². The Morgan fingerprint density at radius 3 is 2.85 bits per heavy atom. The van der Waals surface area contributed by atoms with Crippen molar-refractivity contribution in [3.63, 3.8) is 0 Å². The summed E-state index contributed by atoms with van der Waals surface area (Å²) in [6.45, 7) is 0. The maximum absolute atomic E-state index is 10.2. The van der Waals surface area contributed by atoms with Gasteiger partial charge in [-0.1, -0.05) is 17.7 Å². The number of halogens is 1. The summed E-state index contributed by atoms with van der Waals surface area (Å²) in [7, 11) is 1.46. The number of carbonyl (C=O) groups excluding carboxylic acids is 1. The van der Waals surface area contributed by atoms with Gasteiger partial charge in [-0.3, -0.25) is 0 Å². The fourth-order valence-corrected chi connectivity index (χ4v) is 1.26. The number of aldehydes is 1. The van der Waals surface area contributed by atoms with Crippen LogP contribution in [0.4, 0.5) is 0 Å². The van der Waals surface area contributed by atoms with Crippen molar-refractivity contribution in [3.8, 4) is 11.5 Å². The van der Waals surface area contributed by atoms with E-state index in [0.29, 0.717) is 17.6 Å². The molecule has 0 aromatic heterocycles. The van der Waals surface area contributed by atoms with Crippen LogP contribution in [-0.2, 0) is 11.2 Å². The predicted molar refractivity (Wildman–Crippen MR) is 49.4 cm³/mol. The summed E-state index contributed by atoms with van der Waals surface area (Å²) in [5.41, 5.74) is 0.501. The molecule has 1 aromatic carbocycles. The molecule has 1 N–H and O–H groups in total. The van der Waals surface area contributed by atoms with Crippen LogP contribution in [0.15, 0.2) is 12.1 Å². The van der Waals surface area contributed by atoms with Crippen LogP contribution in [0, 0.1) is 0 Å². The van der Waals surface area contributed by atoms with E-state index in [1.54, 1.807) is 12.1 Å². The van der Waals surface area contributed by atoms with Crippen LogP contribution in [0.1, 0.15) is 5.56 Å². The third-order valence-corrected chi connectivity index (χ3v) is 2.05. The Balaban J connectivity index is 3.14. The van der Waals surface area contributed by atoms with E-state index < -0.39 is 0 Å². The molecule has 3 nitrogen and oxygen atoms in total. The zero-order chi connectivity index (χ0) is 9.84. The van der Waals surface area contributed by atoms with E-state index in [0.717, 1.165) is 0 Å². The maximum Gasteiger partial charge on any atom is 0.141 e. The molecule has 0 atom stereocenters. The lowest BCUT2D eigenvalue weighted by atomic mass is 10.1. The average molecular weight is 201 g/mol. The Hall–Kier alpha value is -1.22. The number of phenols is 1. The third-order valence-electron chi connectivity index (χ3n) is 1.69. The molecule has 0 aliphatic heterocycles. The molecule has 70 valence electrons. The molecule has 1 aromatic rings. The highest BCUT2D eigenvalue weighted by Crippen LogP contribution is 2.35. The van der Waals surface area contributed by atoms with E-state index in [2.05, 4.69) is 0 Å². The van der Waals surface area contributed by atoms with Gasteiger partial charge >= 0.3 is 0 Å². The van der Waals surface area contributed by atoms with Crippen LogP contribution in [0.5, 0.6) is 11.5 Å². The number of ether oxygens (including phenoxy) is 1. The van der Waals surface area contributed by atoms with Crippen LogP contribution in [0.25, 0.3) is 0 Å². The Morgan fingerprint density at radius 1 is 1.62 bits per heavy atom. The smallest absolute Gasteiger partial charge is 0.141 e.